The first kappa shape index (κ1) is 15.8. The van der Waals surface area contributed by atoms with Crippen molar-refractivity contribution in [1.82, 2.24) is 4.31 Å². The summed E-state index contributed by atoms with van der Waals surface area (Å²) in [6.07, 6.45) is 2.94. The Kier molecular flexibility index (Phi) is 4.84. The molecular formula is C14H22N4O2S. The van der Waals surface area contributed by atoms with Gasteiger partial charge in [-0.05, 0) is 37.5 Å². The van der Waals surface area contributed by atoms with E-state index in [1.54, 1.807) is 0 Å². The maximum atomic E-state index is 11.6. The predicted octanol–water partition coefficient (Wildman–Crippen LogP) is 1.15. The van der Waals surface area contributed by atoms with Crippen molar-refractivity contribution in [2.75, 3.05) is 24.7 Å². The Morgan fingerprint density at radius 2 is 2.29 bits per heavy atom. The van der Waals surface area contributed by atoms with Crippen molar-refractivity contribution in [1.29, 1.82) is 0 Å². The molecule has 0 bridgehead atoms. The van der Waals surface area contributed by atoms with E-state index >= 15 is 0 Å². The van der Waals surface area contributed by atoms with Crippen LogP contribution in [0.4, 0.5) is 5.69 Å². The number of hydrogen-bond acceptors (Lipinski definition) is 3. The van der Waals surface area contributed by atoms with Crippen LogP contribution >= 0.6 is 0 Å². The fourth-order valence-corrected chi connectivity index (χ4v) is 3.72. The first-order valence-corrected chi connectivity index (χ1v) is 8.81. The van der Waals surface area contributed by atoms with Crippen molar-refractivity contribution < 1.29 is 8.42 Å². The van der Waals surface area contributed by atoms with Crippen LogP contribution in [0.25, 0.3) is 0 Å². The van der Waals surface area contributed by atoms with Gasteiger partial charge in [-0.15, -0.1) is 0 Å². The minimum atomic E-state index is -3.16. The number of nitrogens with two attached hydrogens (primary N) is 1. The van der Waals surface area contributed by atoms with Gasteiger partial charge in [-0.25, -0.2) is 8.42 Å². The van der Waals surface area contributed by atoms with Crippen molar-refractivity contribution >= 4 is 21.7 Å². The van der Waals surface area contributed by atoms with Gasteiger partial charge in [0.2, 0.25) is 10.0 Å². The molecule has 0 aliphatic carbocycles. The fourth-order valence-electron chi connectivity index (χ4n) is 2.54. The Morgan fingerprint density at radius 1 is 1.52 bits per heavy atom. The monoisotopic (exact) mass is 310 g/mol. The minimum absolute atomic E-state index is 0.0853. The van der Waals surface area contributed by atoms with Crippen molar-refractivity contribution in [3.05, 3.63) is 29.8 Å². The first-order valence-electron chi connectivity index (χ1n) is 6.96. The molecule has 1 aliphatic rings. The topological polar surface area (TPSA) is 87.8 Å². The summed E-state index contributed by atoms with van der Waals surface area (Å²) in [6, 6.07) is 7.74. The van der Waals surface area contributed by atoms with Crippen LogP contribution in [0.3, 0.4) is 0 Å². The summed E-state index contributed by atoms with van der Waals surface area (Å²) < 4.78 is 24.8. The van der Waals surface area contributed by atoms with Crippen molar-refractivity contribution in [2.24, 2.45) is 10.7 Å². The molecule has 0 saturated carbocycles. The lowest BCUT2D eigenvalue weighted by Crippen LogP contribution is -2.37. The van der Waals surface area contributed by atoms with E-state index < -0.39 is 10.0 Å². The molecule has 0 unspecified atom stereocenters. The van der Waals surface area contributed by atoms with Crippen molar-refractivity contribution in [2.45, 2.75) is 25.8 Å². The molecule has 7 heteroatoms. The molecule has 2 rings (SSSR count). The van der Waals surface area contributed by atoms with Crippen molar-refractivity contribution in [3.63, 3.8) is 0 Å². The largest absolute Gasteiger partial charge is 0.370 e. The molecule has 3 N–H and O–H groups in total. The highest BCUT2D eigenvalue weighted by Gasteiger charge is 2.30. The van der Waals surface area contributed by atoms with E-state index in [1.165, 1.54) is 10.6 Å². The van der Waals surface area contributed by atoms with E-state index in [1.807, 2.05) is 31.2 Å². The predicted molar refractivity (Wildman–Crippen MR) is 85.9 cm³/mol. The molecule has 0 amide bonds. The summed E-state index contributed by atoms with van der Waals surface area (Å²) in [5, 5.41) is 3.02. The number of benzene rings is 1. The number of hydrogen-bond donors (Lipinski definition) is 2. The van der Waals surface area contributed by atoms with E-state index in [2.05, 4.69) is 10.3 Å². The smallest absolute Gasteiger partial charge is 0.211 e. The van der Waals surface area contributed by atoms with Crippen LogP contribution in [-0.2, 0) is 10.0 Å². The normalized spacial score (nSPS) is 20.7. The minimum Gasteiger partial charge on any atom is -0.370 e. The second-order valence-corrected chi connectivity index (χ2v) is 7.33. The van der Waals surface area contributed by atoms with Gasteiger partial charge < -0.3 is 11.1 Å². The van der Waals surface area contributed by atoms with E-state index in [-0.39, 0.29) is 6.04 Å². The Morgan fingerprint density at radius 3 is 2.95 bits per heavy atom. The number of guanidine groups is 1. The molecule has 1 aliphatic heterocycles. The highest BCUT2D eigenvalue weighted by atomic mass is 32.2. The Bertz CT molecular complexity index is 628. The number of aliphatic imine (C=N–C) groups is 1. The zero-order valence-electron chi connectivity index (χ0n) is 12.4. The van der Waals surface area contributed by atoms with Gasteiger partial charge in [0, 0.05) is 18.3 Å². The molecule has 1 fully saturated rings. The quantitative estimate of drug-likeness (QED) is 0.645. The molecule has 1 heterocycles. The van der Waals surface area contributed by atoms with Gasteiger partial charge in [0.25, 0.3) is 0 Å². The summed E-state index contributed by atoms with van der Waals surface area (Å²) in [6.45, 7) is 2.96. The lowest BCUT2D eigenvalue weighted by Gasteiger charge is -2.20. The Hall–Kier alpha value is -1.60. The maximum absolute atomic E-state index is 11.6. The molecule has 116 valence electrons. The van der Waals surface area contributed by atoms with Gasteiger partial charge in [0.15, 0.2) is 5.96 Å². The third-order valence-electron chi connectivity index (χ3n) is 3.51. The Labute approximate surface area is 126 Å². The number of rotatable bonds is 4. The average molecular weight is 310 g/mol. The third kappa shape index (κ3) is 4.44. The van der Waals surface area contributed by atoms with E-state index in [9.17, 15) is 8.42 Å². The van der Waals surface area contributed by atoms with Crippen LogP contribution in [-0.4, -0.2) is 44.1 Å². The second kappa shape index (κ2) is 6.44. The van der Waals surface area contributed by atoms with Crippen LogP contribution < -0.4 is 11.1 Å². The number of sulfonamides is 1. The number of nitrogens with one attached hydrogen (secondary N) is 1. The van der Waals surface area contributed by atoms with Crippen LogP contribution in [0, 0.1) is 6.92 Å². The molecular weight excluding hydrogens is 288 g/mol. The summed E-state index contributed by atoms with van der Waals surface area (Å²) in [7, 11) is -3.16. The maximum Gasteiger partial charge on any atom is 0.211 e. The number of anilines is 1. The molecule has 0 radical (unpaired) electrons. The zero-order chi connectivity index (χ0) is 15.5. The molecule has 0 spiro atoms. The molecule has 1 aromatic carbocycles. The summed E-state index contributed by atoms with van der Waals surface area (Å²) in [4.78, 5) is 4.27. The van der Waals surface area contributed by atoms with Gasteiger partial charge in [-0.2, -0.15) is 4.31 Å². The van der Waals surface area contributed by atoms with Gasteiger partial charge in [-0.1, -0.05) is 12.1 Å². The number of aryl methyl sites for hydroxylation is 1. The van der Waals surface area contributed by atoms with E-state index in [0.717, 1.165) is 24.1 Å². The van der Waals surface area contributed by atoms with Gasteiger partial charge in [0.1, 0.15) is 0 Å². The summed E-state index contributed by atoms with van der Waals surface area (Å²) in [5.74, 6) is 0.306. The summed E-state index contributed by atoms with van der Waals surface area (Å²) >= 11 is 0. The molecule has 21 heavy (non-hydrogen) atoms. The standard InChI is InChI=1S/C14H22N4O2S/c1-11-5-3-6-12(9-11)17-14(15)16-10-13-7-4-8-18(13)21(2,19)20/h3,5-6,9,13H,4,7-8,10H2,1-2H3,(H3,15,16,17)/t13-/m1/s1. The molecule has 6 nitrogen and oxygen atoms in total. The highest BCUT2D eigenvalue weighted by molar-refractivity contribution is 7.88. The fraction of sp³-hybridized carbons (Fsp3) is 0.500. The lowest BCUT2D eigenvalue weighted by molar-refractivity contribution is 0.397. The van der Waals surface area contributed by atoms with E-state index in [4.69, 9.17) is 5.73 Å². The van der Waals surface area contributed by atoms with Crippen LogP contribution in [0.1, 0.15) is 18.4 Å². The van der Waals surface area contributed by atoms with Gasteiger partial charge >= 0.3 is 0 Å². The SMILES string of the molecule is Cc1cccc(NC(N)=NC[C@H]2CCCN2S(C)(=O)=O)c1. The molecule has 0 aromatic heterocycles. The molecule has 1 aromatic rings. The zero-order valence-corrected chi connectivity index (χ0v) is 13.2. The second-order valence-electron chi connectivity index (χ2n) is 5.39. The third-order valence-corrected chi connectivity index (χ3v) is 4.84. The van der Waals surface area contributed by atoms with Crippen LogP contribution in [0.2, 0.25) is 0 Å². The van der Waals surface area contributed by atoms with Gasteiger partial charge in [-0.3, -0.25) is 4.99 Å². The average Bonchev–Trinajstić information content (AvgIpc) is 2.84. The summed E-state index contributed by atoms with van der Waals surface area (Å²) in [5.41, 5.74) is 7.87. The van der Waals surface area contributed by atoms with E-state index in [0.29, 0.717) is 19.0 Å². The Balaban J connectivity index is 1.97. The number of nitrogens with zero attached hydrogens (tertiary/aromatic N) is 2. The molecule has 1 atom stereocenters. The highest BCUT2D eigenvalue weighted by Crippen LogP contribution is 2.20. The first-order chi connectivity index (χ1) is 9.86. The molecule has 1 saturated heterocycles. The van der Waals surface area contributed by atoms with Crippen molar-refractivity contribution in [3.8, 4) is 0 Å². The van der Waals surface area contributed by atoms with Crippen LogP contribution in [0.5, 0.6) is 0 Å². The lowest BCUT2D eigenvalue weighted by atomic mass is 10.2. The van der Waals surface area contributed by atoms with Gasteiger partial charge in [0.05, 0.1) is 12.8 Å². The van der Waals surface area contributed by atoms with Crippen LogP contribution in [0.15, 0.2) is 29.3 Å².